The number of fused-ring (bicyclic) bond motifs is 1. The van der Waals surface area contributed by atoms with Crippen LogP contribution >= 0.6 is 0 Å². The molecule has 0 bridgehead atoms. The van der Waals surface area contributed by atoms with E-state index in [0.717, 1.165) is 37.8 Å². The highest BCUT2D eigenvalue weighted by atomic mass is 32.2. The number of benzene rings is 2. The van der Waals surface area contributed by atoms with Crippen LogP contribution in [0, 0.1) is 0 Å². The van der Waals surface area contributed by atoms with Crippen LogP contribution in [0.3, 0.4) is 0 Å². The van der Waals surface area contributed by atoms with E-state index in [-0.39, 0.29) is 17.5 Å². The third-order valence-corrected chi connectivity index (χ3v) is 7.25. The van der Waals surface area contributed by atoms with Gasteiger partial charge in [0, 0.05) is 13.1 Å². The van der Waals surface area contributed by atoms with Gasteiger partial charge in [-0.1, -0.05) is 63.1 Å². The molecule has 0 saturated heterocycles. The summed E-state index contributed by atoms with van der Waals surface area (Å²) >= 11 is 0. The molecular formula is C24H34N2O4S. The summed E-state index contributed by atoms with van der Waals surface area (Å²) < 4.78 is 40.8. The molecule has 0 fully saturated rings. The highest BCUT2D eigenvalue weighted by Gasteiger charge is 2.36. The summed E-state index contributed by atoms with van der Waals surface area (Å²) in [5.74, 6) is 0.397. The van der Waals surface area contributed by atoms with Crippen molar-refractivity contribution in [2.24, 2.45) is 0 Å². The summed E-state index contributed by atoms with van der Waals surface area (Å²) in [7, 11) is -3.68. The first-order valence-electron chi connectivity index (χ1n) is 11.2. The second-order valence-corrected chi connectivity index (χ2v) is 9.75. The molecule has 1 N–H and O–H groups in total. The van der Waals surface area contributed by atoms with Crippen LogP contribution in [0.4, 0.5) is 5.69 Å². The summed E-state index contributed by atoms with van der Waals surface area (Å²) in [4.78, 5) is 0.243. The van der Waals surface area contributed by atoms with Gasteiger partial charge < -0.3 is 14.8 Å². The standard InChI is InChI=1S/C24H34N2O4S/c1-3-5-15-25-22-13-10-14-23-24(22)31(27,28)26(16-6-4-2)17-21(30-23)19-29-18-20-11-8-7-9-12-20/h7-14,21,25H,3-6,15-19H2,1-2H3. The lowest BCUT2D eigenvalue weighted by Gasteiger charge is -2.23. The summed E-state index contributed by atoms with van der Waals surface area (Å²) in [5.41, 5.74) is 1.69. The molecule has 1 aliphatic heterocycles. The minimum Gasteiger partial charge on any atom is -0.485 e. The van der Waals surface area contributed by atoms with E-state index in [4.69, 9.17) is 9.47 Å². The first kappa shape index (κ1) is 23.6. The predicted octanol–water partition coefficient (Wildman–Crippen LogP) is 4.67. The van der Waals surface area contributed by atoms with E-state index in [0.29, 0.717) is 31.2 Å². The molecule has 0 aromatic heterocycles. The predicted molar refractivity (Wildman–Crippen MR) is 124 cm³/mol. The van der Waals surface area contributed by atoms with Crippen LogP contribution in [0.1, 0.15) is 45.1 Å². The topological polar surface area (TPSA) is 67.9 Å². The molecule has 2 aromatic carbocycles. The monoisotopic (exact) mass is 446 g/mol. The van der Waals surface area contributed by atoms with Crippen LogP contribution in [0.25, 0.3) is 0 Å². The fourth-order valence-corrected chi connectivity index (χ4v) is 5.38. The molecule has 7 heteroatoms. The smallest absolute Gasteiger partial charge is 0.248 e. The number of hydrogen-bond acceptors (Lipinski definition) is 5. The summed E-state index contributed by atoms with van der Waals surface area (Å²) in [6.45, 7) is 6.43. The Bertz CT molecular complexity index is 918. The van der Waals surface area contributed by atoms with Gasteiger partial charge in [-0.3, -0.25) is 0 Å². The lowest BCUT2D eigenvalue weighted by Crippen LogP contribution is -2.39. The van der Waals surface area contributed by atoms with Gasteiger partial charge in [0.1, 0.15) is 16.7 Å². The molecule has 3 rings (SSSR count). The average molecular weight is 447 g/mol. The van der Waals surface area contributed by atoms with Gasteiger partial charge in [-0.25, -0.2) is 8.42 Å². The number of ether oxygens (including phenoxy) is 2. The van der Waals surface area contributed by atoms with Gasteiger partial charge in [-0.15, -0.1) is 0 Å². The second kappa shape index (κ2) is 11.5. The van der Waals surface area contributed by atoms with Crippen molar-refractivity contribution in [3.63, 3.8) is 0 Å². The number of sulfonamides is 1. The van der Waals surface area contributed by atoms with Gasteiger partial charge in [-0.05, 0) is 30.5 Å². The van der Waals surface area contributed by atoms with Crippen LogP contribution in [-0.2, 0) is 21.4 Å². The van der Waals surface area contributed by atoms with Gasteiger partial charge in [-0.2, -0.15) is 4.31 Å². The van der Waals surface area contributed by atoms with Crippen molar-refractivity contribution >= 4 is 15.7 Å². The van der Waals surface area contributed by atoms with E-state index >= 15 is 0 Å². The number of nitrogens with zero attached hydrogens (tertiary/aromatic N) is 1. The fourth-order valence-electron chi connectivity index (χ4n) is 3.60. The Morgan fingerprint density at radius 1 is 1.06 bits per heavy atom. The Hall–Kier alpha value is -2.09. The number of anilines is 1. The lowest BCUT2D eigenvalue weighted by molar-refractivity contribution is 0.0340. The molecule has 1 heterocycles. The Morgan fingerprint density at radius 2 is 1.84 bits per heavy atom. The Morgan fingerprint density at radius 3 is 2.58 bits per heavy atom. The Kier molecular flexibility index (Phi) is 8.75. The van der Waals surface area contributed by atoms with Gasteiger partial charge in [0.2, 0.25) is 10.0 Å². The molecule has 6 nitrogen and oxygen atoms in total. The van der Waals surface area contributed by atoms with Crippen LogP contribution < -0.4 is 10.1 Å². The zero-order chi connectivity index (χ0) is 22.1. The Balaban J connectivity index is 1.83. The highest BCUT2D eigenvalue weighted by molar-refractivity contribution is 7.89. The first-order valence-corrected chi connectivity index (χ1v) is 12.7. The van der Waals surface area contributed by atoms with Gasteiger partial charge in [0.05, 0.1) is 25.4 Å². The van der Waals surface area contributed by atoms with Crippen molar-refractivity contribution in [2.45, 2.75) is 57.1 Å². The maximum absolute atomic E-state index is 13.6. The minimum atomic E-state index is -3.68. The third-order valence-electron chi connectivity index (χ3n) is 5.30. The minimum absolute atomic E-state index is 0.243. The molecule has 0 radical (unpaired) electrons. The van der Waals surface area contributed by atoms with E-state index in [2.05, 4.69) is 19.2 Å². The molecular weight excluding hydrogens is 412 g/mol. The van der Waals surface area contributed by atoms with E-state index in [1.165, 1.54) is 0 Å². The van der Waals surface area contributed by atoms with E-state index < -0.39 is 10.0 Å². The lowest BCUT2D eigenvalue weighted by atomic mass is 10.2. The van der Waals surface area contributed by atoms with Crippen molar-refractivity contribution in [3.8, 4) is 5.75 Å². The molecule has 1 atom stereocenters. The van der Waals surface area contributed by atoms with Crippen molar-refractivity contribution in [3.05, 3.63) is 54.1 Å². The largest absolute Gasteiger partial charge is 0.485 e. The molecule has 1 unspecified atom stereocenters. The number of hydrogen-bond donors (Lipinski definition) is 1. The Labute approximate surface area is 186 Å². The molecule has 2 aromatic rings. The van der Waals surface area contributed by atoms with Gasteiger partial charge in [0.15, 0.2) is 0 Å². The zero-order valence-corrected chi connectivity index (χ0v) is 19.4. The molecule has 0 aliphatic carbocycles. The second-order valence-electron chi connectivity index (χ2n) is 7.87. The average Bonchev–Trinajstić information content (AvgIpc) is 2.87. The summed E-state index contributed by atoms with van der Waals surface area (Å²) in [5, 5.41) is 3.30. The number of rotatable bonds is 11. The van der Waals surface area contributed by atoms with Crippen LogP contribution in [0.15, 0.2) is 53.4 Å². The molecule has 0 spiro atoms. The van der Waals surface area contributed by atoms with E-state index in [1.54, 1.807) is 10.4 Å². The summed E-state index contributed by atoms with van der Waals surface area (Å²) in [6, 6.07) is 15.3. The number of nitrogens with one attached hydrogen (secondary N) is 1. The van der Waals surface area contributed by atoms with Crippen LogP contribution in [0.5, 0.6) is 5.75 Å². The maximum atomic E-state index is 13.6. The molecule has 31 heavy (non-hydrogen) atoms. The number of unbranched alkanes of at least 4 members (excludes halogenated alkanes) is 2. The molecule has 1 aliphatic rings. The van der Waals surface area contributed by atoms with Crippen molar-refractivity contribution < 1.29 is 17.9 Å². The molecule has 0 amide bonds. The normalized spacial score (nSPS) is 18.1. The third kappa shape index (κ3) is 6.21. The summed E-state index contributed by atoms with van der Waals surface area (Å²) in [6.07, 6.45) is 3.36. The van der Waals surface area contributed by atoms with Crippen LogP contribution in [-0.4, -0.2) is 45.1 Å². The van der Waals surface area contributed by atoms with E-state index in [1.807, 2.05) is 42.5 Å². The first-order chi connectivity index (χ1) is 15.1. The zero-order valence-electron chi connectivity index (χ0n) is 18.5. The van der Waals surface area contributed by atoms with Crippen molar-refractivity contribution in [1.29, 1.82) is 0 Å². The van der Waals surface area contributed by atoms with Crippen molar-refractivity contribution in [1.82, 2.24) is 4.31 Å². The molecule has 0 saturated carbocycles. The van der Waals surface area contributed by atoms with Crippen molar-refractivity contribution in [2.75, 3.05) is 31.6 Å². The molecule has 170 valence electrons. The highest BCUT2D eigenvalue weighted by Crippen LogP contribution is 2.37. The van der Waals surface area contributed by atoms with Gasteiger partial charge >= 0.3 is 0 Å². The maximum Gasteiger partial charge on any atom is 0.248 e. The van der Waals surface area contributed by atoms with Gasteiger partial charge in [0.25, 0.3) is 0 Å². The SMILES string of the molecule is CCCCNc1cccc2c1S(=O)(=O)N(CCCC)CC(COCc1ccccc1)O2. The fraction of sp³-hybridized carbons (Fsp3) is 0.500. The quantitative estimate of drug-likeness (QED) is 0.508. The van der Waals surface area contributed by atoms with Crippen LogP contribution in [0.2, 0.25) is 0 Å². The van der Waals surface area contributed by atoms with E-state index in [9.17, 15) is 8.42 Å².